The van der Waals surface area contributed by atoms with Gasteiger partial charge >= 0.3 is 5.97 Å². The summed E-state index contributed by atoms with van der Waals surface area (Å²) >= 11 is 0. The number of carbonyl (C=O) groups excluding carboxylic acids is 1. The molecule has 6 heteroatoms. The van der Waals surface area contributed by atoms with Crippen LogP contribution in [0, 0.1) is 13.8 Å². The number of nitrogens with zero attached hydrogens (tertiary/aromatic N) is 1. The maximum atomic E-state index is 12.3. The van der Waals surface area contributed by atoms with Crippen LogP contribution in [0.3, 0.4) is 0 Å². The Kier molecular flexibility index (Phi) is 4.72. The van der Waals surface area contributed by atoms with Gasteiger partial charge in [-0.25, -0.2) is 4.79 Å². The third-order valence-electron chi connectivity index (χ3n) is 3.09. The smallest absolute Gasteiger partial charge is 0.352 e. The molecule has 0 saturated heterocycles. The molecule has 0 spiro atoms. The number of hydrogen-bond donors (Lipinski definition) is 3. The van der Waals surface area contributed by atoms with Crippen molar-refractivity contribution in [2.24, 2.45) is 0 Å². The number of carboxylic acids is 1. The number of carboxylic acid groups (broad SMARTS) is 1. The number of amides is 1. The lowest BCUT2D eigenvalue weighted by Crippen LogP contribution is -2.30. The maximum absolute atomic E-state index is 12.3. The first kappa shape index (κ1) is 15.2. The summed E-state index contributed by atoms with van der Waals surface area (Å²) in [5, 5.41) is 18.2. The molecule has 0 radical (unpaired) electrons. The van der Waals surface area contributed by atoms with Gasteiger partial charge in [0.25, 0.3) is 5.91 Å². The molecular formula is C13H20N2O4. The predicted octanol–water partition coefficient (Wildman–Crippen LogP) is 1.17. The van der Waals surface area contributed by atoms with Crippen molar-refractivity contribution in [3.05, 3.63) is 22.5 Å². The molecule has 1 unspecified atom stereocenters. The van der Waals surface area contributed by atoms with E-state index in [4.69, 9.17) is 5.11 Å². The van der Waals surface area contributed by atoms with E-state index in [-0.39, 0.29) is 11.6 Å². The first-order chi connectivity index (χ1) is 8.75. The number of aromatic carboxylic acids is 1. The molecule has 106 valence electrons. The van der Waals surface area contributed by atoms with Crippen molar-refractivity contribution in [3.8, 4) is 0 Å². The first-order valence-corrected chi connectivity index (χ1v) is 6.11. The Balaban J connectivity index is 2.97. The summed E-state index contributed by atoms with van der Waals surface area (Å²) in [6.07, 6.45) is 0.00884. The minimum Gasteiger partial charge on any atom is -0.477 e. The molecule has 6 nitrogen and oxygen atoms in total. The van der Waals surface area contributed by atoms with Gasteiger partial charge in [0.05, 0.1) is 11.7 Å². The Morgan fingerprint density at radius 1 is 1.37 bits per heavy atom. The van der Waals surface area contributed by atoms with Gasteiger partial charge in [-0.05, 0) is 32.8 Å². The van der Waals surface area contributed by atoms with Crippen LogP contribution in [0.4, 0.5) is 0 Å². The van der Waals surface area contributed by atoms with E-state index in [0.717, 1.165) is 0 Å². The zero-order valence-electron chi connectivity index (χ0n) is 11.6. The van der Waals surface area contributed by atoms with E-state index in [1.54, 1.807) is 27.8 Å². The van der Waals surface area contributed by atoms with Crippen LogP contribution in [0.2, 0.25) is 0 Å². The predicted molar refractivity (Wildman–Crippen MR) is 70.5 cm³/mol. The molecule has 1 amide bonds. The first-order valence-electron chi connectivity index (χ1n) is 6.11. The molecule has 0 aliphatic carbocycles. The van der Waals surface area contributed by atoms with Gasteiger partial charge in [-0.2, -0.15) is 0 Å². The molecule has 1 rings (SSSR count). The number of aromatic nitrogens is 1. The molecule has 0 fully saturated rings. The van der Waals surface area contributed by atoms with Crippen LogP contribution in [0.1, 0.15) is 45.4 Å². The largest absolute Gasteiger partial charge is 0.477 e. The van der Waals surface area contributed by atoms with Crippen LogP contribution in [0.25, 0.3) is 0 Å². The van der Waals surface area contributed by atoms with Crippen molar-refractivity contribution in [1.82, 2.24) is 9.88 Å². The Hall–Kier alpha value is -1.82. The summed E-state index contributed by atoms with van der Waals surface area (Å²) in [4.78, 5) is 27.5. The average Bonchev–Trinajstić information content (AvgIpc) is 2.61. The highest BCUT2D eigenvalue weighted by Crippen LogP contribution is 2.19. The van der Waals surface area contributed by atoms with Crippen LogP contribution < -0.4 is 0 Å². The maximum Gasteiger partial charge on any atom is 0.352 e. The second-order valence-corrected chi connectivity index (χ2v) is 4.79. The summed E-state index contributed by atoms with van der Waals surface area (Å²) in [6, 6.07) is 0. The summed E-state index contributed by atoms with van der Waals surface area (Å²) < 4.78 is 0. The molecule has 1 atom stereocenters. The minimum absolute atomic E-state index is 0.0461. The molecule has 0 aromatic carbocycles. The SMILES string of the molecule is Cc1[nH]c(C(=O)O)c(C)c1C(=O)N(C)CCC(C)O. The van der Waals surface area contributed by atoms with Gasteiger partial charge in [-0.15, -0.1) is 0 Å². The van der Waals surface area contributed by atoms with Gasteiger partial charge in [0, 0.05) is 19.3 Å². The molecule has 1 aromatic rings. The molecule has 19 heavy (non-hydrogen) atoms. The molecule has 1 aromatic heterocycles. The van der Waals surface area contributed by atoms with Crippen molar-refractivity contribution in [1.29, 1.82) is 0 Å². The van der Waals surface area contributed by atoms with E-state index in [2.05, 4.69) is 4.98 Å². The number of aryl methyl sites for hydroxylation is 1. The van der Waals surface area contributed by atoms with E-state index < -0.39 is 12.1 Å². The lowest BCUT2D eigenvalue weighted by molar-refractivity contribution is 0.0690. The number of hydrogen-bond acceptors (Lipinski definition) is 3. The molecule has 0 aliphatic heterocycles. The van der Waals surface area contributed by atoms with E-state index >= 15 is 0 Å². The quantitative estimate of drug-likeness (QED) is 0.747. The second-order valence-electron chi connectivity index (χ2n) is 4.79. The Morgan fingerprint density at radius 3 is 2.37 bits per heavy atom. The summed E-state index contributed by atoms with van der Waals surface area (Å²) in [7, 11) is 1.64. The normalized spacial score (nSPS) is 12.3. The molecule has 0 aliphatic rings. The van der Waals surface area contributed by atoms with Crippen molar-refractivity contribution in [2.45, 2.75) is 33.3 Å². The van der Waals surface area contributed by atoms with Crippen LogP contribution >= 0.6 is 0 Å². The summed E-state index contributed by atoms with van der Waals surface area (Å²) in [6.45, 7) is 5.37. The third kappa shape index (κ3) is 3.35. The van der Waals surface area contributed by atoms with E-state index in [1.807, 2.05) is 0 Å². The van der Waals surface area contributed by atoms with Gasteiger partial charge < -0.3 is 20.1 Å². The van der Waals surface area contributed by atoms with E-state index in [0.29, 0.717) is 29.8 Å². The van der Waals surface area contributed by atoms with Crippen LogP contribution in [-0.4, -0.2) is 51.7 Å². The Morgan fingerprint density at radius 2 is 1.95 bits per heavy atom. The highest BCUT2D eigenvalue weighted by molar-refractivity contribution is 6.00. The third-order valence-corrected chi connectivity index (χ3v) is 3.09. The Labute approximate surface area is 112 Å². The molecule has 0 saturated carbocycles. The highest BCUT2D eigenvalue weighted by Gasteiger charge is 2.23. The monoisotopic (exact) mass is 268 g/mol. The van der Waals surface area contributed by atoms with Crippen LogP contribution in [0.5, 0.6) is 0 Å². The zero-order valence-corrected chi connectivity index (χ0v) is 11.6. The summed E-state index contributed by atoms with van der Waals surface area (Å²) in [5.74, 6) is -1.31. The highest BCUT2D eigenvalue weighted by atomic mass is 16.4. The topological polar surface area (TPSA) is 93.6 Å². The van der Waals surface area contributed by atoms with E-state index in [9.17, 15) is 14.7 Å². The number of nitrogens with one attached hydrogen (secondary N) is 1. The number of carbonyl (C=O) groups is 2. The van der Waals surface area contributed by atoms with E-state index in [1.165, 1.54) is 4.90 Å². The zero-order chi connectivity index (χ0) is 14.7. The average molecular weight is 268 g/mol. The van der Waals surface area contributed by atoms with Crippen molar-refractivity contribution in [3.63, 3.8) is 0 Å². The van der Waals surface area contributed by atoms with Crippen LogP contribution in [-0.2, 0) is 0 Å². The minimum atomic E-state index is -1.08. The van der Waals surface area contributed by atoms with Gasteiger partial charge in [-0.3, -0.25) is 4.79 Å². The van der Waals surface area contributed by atoms with Crippen molar-refractivity contribution in [2.75, 3.05) is 13.6 Å². The van der Waals surface area contributed by atoms with Gasteiger partial charge in [0.2, 0.25) is 0 Å². The van der Waals surface area contributed by atoms with Crippen molar-refractivity contribution >= 4 is 11.9 Å². The lowest BCUT2D eigenvalue weighted by Gasteiger charge is -2.18. The standard InChI is InChI=1S/C13H20N2O4/c1-7(16)5-6-15(4)12(17)10-8(2)11(13(18)19)14-9(10)3/h7,14,16H,5-6H2,1-4H3,(H,18,19). The number of aliphatic hydroxyl groups excluding tert-OH is 1. The molecular weight excluding hydrogens is 248 g/mol. The van der Waals surface area contributed by atoms with Gasteiger partial charge in [-0.1, -0.05) is 0 Å². The summed E-state index contributed by atoms with van der Waals surface area (Å²) in [5.41, 5.74) is 1.43. The molecule has 1 heterocycles. The fourth-order valence-corrected chi connectivity index (χ4v) is 1.96. The van der Waals surface area contributed by atoms with Crippen molar-refractivity contribution < 1.29 is 19.8 Å². The lowest BCUT2D eigenvalue weighted by atomic mass is 10.1. The van der Waals surface area contributed by atoms with Gasteiger partial charge in [0.1, 0.15) is 5.69 Å². The molecule has 3 N–H and O–H groups in total. The fraction of sp³-hybridized carbons (Fsp3) is 0.538. The fourth-order valence-electron chi connectivity index (χ4n) is 1.96. The van der Waals surface area contributed by atoms with Gasteiger partial charge in [0.15, 0.2) is 0 Å². The number of H-pyrrole nitrogens is 1. The molecule has 0 bridgehead atoms. The second kappa shape index (κ2) is 5.88. The number of rotatable bonds is 5. The Bertz CT molecular complexity index is 491. The van der Waals surface area contributed by atoms with Crippen LogP contribution in [0.15, 0.2) is 0 Å². The number of aliphatic hydroxyl groups is 1. The number of aromatic amines is 1.